The zero-order valence-electron chi connectivity index (χ0n) is 12.1. The summed E-state index contributed by atoms with van der Waals surface area (Å²) in [5, 5.41) is 4.22. The largest absolute Gasteiger partial charge is 0.376 e. The van der Waals surface area contributed by atoms with Crippen LogP contribution in [0.4, 0.5) is 5.69 Å². The van der Waals surface area contributed by atoms with Gasteiger partial charge in [-0.15, -0.1) is 11.3 Å². The van der Waals surface area contributed by atoms with Gasteiger partial charge in [-0.2, -0.15) is 0 Å². The molecule has 0 aliphatic carbocycles. The number of aromatic nitrogens is 1. The van der Waals surface area contributed by atoms with Gasteiger partial charge in [0.05, 0.1) is 20.9 Å². The highest BCUT2D eigenvalue weighted by atomic mass is 35.5. The molecule has 1 unspecified atom stereocenters. The van der Waals surface area contributed by atoms with Crippen LogP contribution in [-0.2, 0) is 6.42 Å². The van der Waals surface area contributed by atoms with Gasteiger partial charge in [0.15, 0.2) is 0 Å². The molecule has 108 valence electrons. The summed E-state index contributed by atoms with van der Waals surface area (Å²) >= 11 is 7.97. The number of thiazole rings is 1. The van der Waals surface area contributed by atoms with E-state index < -0.39 is 0 Å². The summed E-state index contributed by atoms with van der Waals surface area (Å²) in [6.07, 6.45) is 1.06. The van der Waals surface area contributed by atoms with E-state index in [2.05, 4.69) is 48.4 Å². The van der Waals surface area contributed by atoms with Crippen LogP contribution < -0.4 is 5.32 Å². The molecule has 2 nitrogen and oxygen atoms in total. The Balaban J connectivity index is 1.90. The van der Waals surface area contributed by atoms with Gasteiger partial charge in [-0.1, -0.05) is 42.8 Å². The Labute approximate surface area is 133 Å². The fourth-order valence-corrected chi connectivity index (χ4v) is 3.28. The number of hydrogen-bond donors (Lipinski definition) is 1. The molecular weight excluding hydrogens is 300 g/mol. The fourth-order valence-electron chi connectivity index (χ4n) is 2.39. The average Bonchev–Trinajstić information content (AvgIpc) is 2.99. The van der Waals surface area contributed by atoms with Crippen LogP contribution in [0.3, 0.4) is 0 Å². The van der Waals surface area contributed by atoms with Crippen molar-refractivity contribution in [2.75, 3.05) is 5.32 Å². The van der Waals surface area contributed by atoms with Crippen LogP contribution in [0.25, 0.3) is 10.2 Å². The Bertz CT molecular complexity index is 749. The van der Waals surface area contributed by atoms with Gasteiger partial charge in [0.25, 0.3) is 0 Å². The molecule has 0 spiro atoms. The van der Waals surface area contributed by atoms with E-state index in [4.69, 9.17) is 11.6 Å². The third-order valence-electron chi connectivity index (χ3n) is 3.70. The van der Waals surface area contributed by atoms with Crippen molar-refractivity contribution in [1.29, 1.82) is 0 Å². The van der Waals surface area contributed by atoms with Crippen molar-refractivity contribution in [3.8, 4) is 0 Å². The van der Waals surface area contributed by atoms with E-state index in [1.54, 1.807) is 11.3 Å². The Hall–Kier alpha value is -1.58. The second kappa shape index (κ2) is 6.04. The van der Waals surface area contributed by atoms with E-state index in [0.29, 0.717) is 5.02 Å². The molecule has 21 heavy (non-hydrogen) atoms. The third-order valence-corrected chi connectivity index (χ3v) is 4.81. The second-order valence-corrected chi connectivity index (χ2v) is 6.38. The number of anilines is 1. The van der Waals surface area contributed by atoms with E-state index in [9.17, 15) is 0 Å². The monoisotopic (exact) mass is 316 g/mol. The van der Waals surface area contributed by atoms with E-state index in [1.165, 1.54) is 11.1 Å². The molecular formula is C17H17ClN2S. The summed E-state index contributed by atoms with van der Waals surface area (Å²) in [5.41, 5.74) is 6.32. The van der Waals surface area contributed by atoms with Crippen LogP contribution in [0.15, 0.2) is 41.9 Å². The molecule has 4 heteroatoms. The van der Waals surface area contributed by atoms with Crippen LogP contribution in [-0.4, -0.2) is 4.98 Å². The maximum atomic E-state index is 6.34. The minimum atomic E-state index is 0.181. The van der Waals surface area contributed by atoms with Gasteiger partial charge in [0.2, 0.25) is 0 Å². The minimum absolute atomic E-state index is 0.181. The number of hydrogen-bond acceptors (Lipinski definition) is 3. The Kier molecular flexibility index (Phi) is 4.13. The molecule has 0 fully saturated rings. The molecule has 0 saturated heterocycles. The smallest absolute Gasteiger partial charge is 0.106 e. The average molecular weight is 317 g/mol. The summed E-state index contributed by atoms with van der Waals surface area (Å²) in [5.74, 6) is 0. The molecule has 0 aliphatic rings. The predicted octanol–water partition coefficient (Wildman–Crippen LogP) is 5.69. The minimum Gasteiger partial charge on any atom is -0.376 e. The molecule has 0 amide bonds. The molecule has 1 N–H and O–H groups in total. The van der Waals surface area contributed by atoms with Gasteiger partial charge in [-0.25, -0.2) is 4.98 Å². The third kappa shape index (κ3) is 2.89. The highest BCUT2D eigenvalue weighted by Gasteiger charge is 2.12. The first-order valence-corrected chi connectivity index (χ1v) is 8.32. The van der Waals surface area contributed by atoms with Crippen LogP contribution in [0.5, 0.6) is 0 Å². The maximum Gasteiger partial charge on any atom is 0.106 e. The lowest BCUT2D eigenvalue weighted by atomic mass is 10.0. The molecule has 1 atom stereocenters. The Morgan fingerprint density at radius 1 is 1.19 bits per heavy atom. The number of nitrogens with one attached hydrogen (secondary N) is 1. The summed E-state index contributed by atoms with van der Waals surface area (Å²) < 4.78 is 1.15. The topological polar surface area (TPSA) is 24.9 Å². The van der Waals surface area contributed by atoms with Crippen molar-refractivity contribution in [1.82, 2.24) is 4.98 Å². The van der Waals surface area contributed by atoms with Gasteiger partial charge in [0.1, 0.15) is 5.52 Å². The molecule has 3 aromatic rings. The zero-order chi connectivity index (χ0) is 14.8. The molecule has 1 aromatic heterocycles. The molecule has 2 aromatic carbocycles. The van der Waals surface area contributed by atoms with Crippen LogP contribution in [0.2, 0.25) is 5.02 Å². The lowest BCUT2D eigenvalue weighted by Gasteiger charge is -2.17. The van der Waals surface area contributed by atoms with Gasteiger partial charge >= 0.3 is 0 Å². The first-order chi connectivity index (χ1) is 10.2. The molecule has 0 bridgehead atoms. The van der Waals surface area contributed by atoms with E-state index in [-0.39, 0.29) is 6.04 Å². The number of benzene rings is 2. The molecule has 3 rings (SSSR count). The maximum absolute atomic E-state index is 6.34. The lowest BCUT2D eigenvalue weighted by molar-refractivity contribution is 0.884. The number of nitrogens with zero attached hydrogens (tertiary/aromatic N) is 1. The number of halogens is 1. The highest BCUT2D eigenvalue weighted by Crippen LogP contribution is 2.34. The van der Waals surface area contributed by atoms with Gasteiger partial charge in [-0.05, 0) is 36.6 Å². The predicted molar refractivity (Wildman–Crippen MR) is 92.5 cm³/mol. The summed E-state index contributed by atoms with van der Waals surface area (Å²) in [6.45, 7) is 4.31. The van der Waals surface area contributed by atoms with Gasteiger partial charge < -0.3 is 5.32 Å². The summed E-state index contributed by atoms with van der Waals surface area (Å²) in [7, 11) is 0. The van der Waals surface area contributed by atoms with E-state index in [0.717, 1.165) is 22.3 Å². The van der Waals surface area contributed by atoms with Crippen LogP contribution in [0.1, 0.15) is 31.0 Å². The van der Waals surface area contributed by atoms with Crippen molar-refractivity contribution in [2.45, 2.75) is 26.3 Å². The first-order valence-electron chi connectivity index (χ1n) is 7.06. The van der Waals surface area contributed by atoms with Gasteiger partial charge in [0, 0.05) is 6.04 Å². The summed E-state index contributed by atoms with van der Waals surface area (Å²) in [4.78, 5) is 4.43. The number of rotatable bonds is 4. The molecule has 1 heterocycles. The van der Waals surface area contributed by atoms with Gasteiger partial charge in [-0.3, -0.25) is 0 Å². The SMILES string of the molecule is CCc1ccc(C(C)Nc2c(Cl)ccc3scnc23)cc1. The first kappa shape index (κ1) is 14.4. The fraction of sp³-hybridized carbons (Fsp3) is 0.235. The Morgan fingerprint density at radius 2 is 1.95 bits per heavy atom. The zero-order valence-corrected chi connectivity index (χ0v) is 13.6. The van der Waals surface area contributed by atoms with Crippen molar-refractivity contribution >= 4 is 38.8 Å². The van der Waals surface area contributed by atoms with E-state index in [1.807, 2.05) is 17.6 Å². The van der Waals surface area contributed by atoms with Crippen molar-refractivity contribution < 1.29 is 0 Å². The van der Waals surface area contributed by atoms with Crippen molar-refractivity contribution in [3.05, 3.63) is 58.1 Å². The molecule has 0 saturated carbocycles. The van der Waals surface area contributed by atoms with Crippen LogP contribution >= 0.6 is 22.9 Å². The quantitative estimate of drug-likeness (QED) is 0.669. The highest BCUT2D eigenvalue weighted by molar-refractivity contribution is 7.16. The Morgan fingerprint density at radius 3 is 2.67 bits per heavy atom. The second-order valence-electron chi connectivity index (χ2n) is 5.08. The number of fused-ring (bicyclic) bond motifs is 1. The lowest BCUT2D eigenvalue weighted by Crippen LogP contribution is -2.07. The normalized spacial score (nSPS) is 12.5. The van der Waals surface area contributed by atoms with E-state index >= 15 is 0 Å². The van der Waals surface area contributed by atoms with Crippen LogP contribution in [0, 0.1) is 0 Å². The molecule has 0 radical (unpaired) electrons. The molecule has 0 aliphatic heterocycles. The summed E-state index contributed by atoms with van der Waals surface area (Å²) in [6, 6.07) is 12.8. The standard InChI is InChI=1S/C17H17ClN2S/c1-3-12-4-6-13(7-5-12)11(2)20-16-14(18)8-9-15-17(16)19-10-21-15/h4-11,20H,3H2,1-2H3. The number of aryl methyl sites for hydroxylation is 1. The van der Waals surface area contributed by atoms with Crippen molar-refractivity contribution in [3.63, 3.8) is 0 Å². The van der Waals surface area contributed by atoms with Crippen molar-refractivity contribution in [2.24, 2.45) is 0 Å².